The number of hydrogen-bond donors (Lipinski definition) is 1. The Balaban J connectivity index is 1.66. The number of fused-ring (bicyclic) bond motifs is 2. The fourth-order valence-electron chi connectivity index (χ4n) is 3.50. The van der Waals surface area contributed by atoms with Gasteiger partial charge in [-0.15, -0.1) is 0 Å². The molecule has 1 fully saturated rings. The van der Waals surface area contributed by atoms with Gasteiger partial charge in [-0.25, -0.2) is 4.79 Å². The zero-order valence-corrected chi connectivity index (χ0v) is 13.9. The van der Waals surface area contributed by atoms with Crippen molar-refractivity contribution in [3.8, 4) is 11.6 Å². The maximum absolute atomic E-state index is 13.1. The summed E-state index contributed by atoms with van der Waals surface area (Å²) in [4.78, 5) is 26.7. The number of ether oxygens (including phenoxy) is 2. The van der Waals surface area contributed by atoms with Crippen molar-refractivity contribution in [1.29, 1.82) is 0 Å². The highest BCUT2D eigenvalue weighted by molar-refractivity contribution is 6.08. The van der Waals surface area contributed by atoms with E-state index in [4.69, 9.17) is 14.0 Å². The first-order valence-electron chi connectivity index (χ1n) is 7.88. The minimum Gasteiger partial charge on any atom is -0.497 e. The van der Waals surface area contributed by atoms with Crippen LogP contribution in [-0.4, -0.2) is 36.2 Å². The zero-order chi connectivity index (χ0) is 17.6. The number of carbonyl (C=O) groups excluding carboxylic acids is 2. The van der Waals surface area contributed by atoms with Gasteiger partial charge in [0.15, 0.2) is 5.76 Å². The van der Waals surface area contributed by atoms with Gasteiger partial charge in [-0.1, -0.05) is 6.07 Å². The minimum atomic E-state index is -1.04. The van der Waals surface area contributed by atoms with Crippen molar-refractivity contribution >= 4 is 11.9 Å². The van der Waals surface area contributed by atoms with E-state index >= 15 is 0 Å². The van der Waals surface area contributed by atoms with E-state index in [-0.39, 0.29) is 12.5 Å². The number of urea groups is 1. The average molecular weight is 343 g/mol. The predicted molar refractivity (Wildman–Crippen MR) is 85.1 cm³/mol. The van der Waals surface area contributed by atoms with Crippen molar-refractivity contribution in [3.63, 3.8) is 0 Å². The average Bonchev–Trinajstić information content (AvgIpc) is 3.29. The molecule has 0 unspecified atom stereocenters. The highest BCUT2D eigenvalue weighted by atomic mass is 16.5. The smallest absolute Gasteiger partial charge is 0.325 e. The molecule has 3 amide bonds. The Labute approximate surface area is 143 Å². The first-order valence-corrected chi connectivity index (χ1v) is 7.88. The molecule has 25 heavy (non-hydrogen) atoms. The molecule has 2 aliphatic rings. The second-order valence-corrected chi connectivity index (χ2v) is 6.09. The van der Waals surface area contributed by atoms with E-state index in [1.54, 1.807) is 13.2 Å². The molecule has 1 atom stereocenters. The number of rotatable bonds is 4. The third-order valence-corrected chi connectivity index (χ3v) is 4.78. The molecule has 8 heteroatoms. The molecule has 4 rings (SSSR count). The van der Waals surface area contributed by atoms with Gasteiger partial charge in [0.1, 0.15) is 11.3 Å². The van der Waals surface area contributed by atoms with E-state index in [9.17, 15) is 9.59 Å². The maximum atomic E-state index is 13.1. The van der Waals surface area contributed by atoms with Gasteiger partial charge >= 0.3 is 6.03 Å². The normalized spacial score (nSPS) is 21.6. The molecule has 1 saturated heterocycles. The van der Waals surface area contributed by atoms with Crippen molar-refractivity contribution in [3.05, 3.63) is 41.2 Å². The molecule has 1 spiro atoms. The number of imide groups is 1. The fraction of sp³-hybridized carbons (Fsp3) is 0.353. The van der Waals surface area contributed by atoms with Crippen molar-refractivity contribution in [2.45, 2.75) is 24.9 Å². The Bertz CT molecular complexity index is 862. The van der Waals surface area contributed by atoms with Crippen LogP contribution in [0.15, 0.2) is 28.8 Å². The van der Waals surface area contributed by atoms with Crippen molar-refractivity contribution in [1.82, 2.24) is 15.4 Å². The Kier molecular flexibility index (Phi) is 3.41. The highest BCUT2D eigenvalue weighted by Gasteiger charge is 2.55. The summed E-state index contributed by atoms with van der Waals surface area (Å²) in [5.74, 6) is 1.04. The van der Waals surface area contributed by atoms with Gasteiger partial charge in [0.25, 0.3) is 11.8 Å². The van der Waals surface area contributed by atoms with Gasteiger partial charge in [-0.05, 0) is 41.3 Å². The topological polar surface area (TPSA) is 93.9 Å². The summed E-state index contributed by atoms with van der Waals surface area (Å²) in [5.41, 5.74) is 0.797. The van der Waals surface area contributed by atoms with Crippen LogP contribution in [0.3, 0.4) is 0 Å². The van der Waals surface area contributed by atoms with Crippen LogP contribution in [0.25, 0.3) is 0 Å². The number of hydrogen-bond acceptors (Lipinski definition) is 6. The number of carbonyl (C=O) groups is 2. The summed E-state index contributed by atoms with van der Waals surface area (Å²) in [6, 6.07) is 6.72. The Morgan fingerprint density at radius 1 is 1.28 bits per heavy atom. The van der Waals surface area contributed by atoms with Crippen LogP contribution >= 0.6 is 0 Å². The van der Waals surface area contributed by atoms with E-state index in [1.807, 2.05) is 18.2 Å². The van der Waals surface area contributed by atoms with E-state index in [2.05, 4.69) is 10.5 Å². The van der Waals surface area contributed by atoms with Crippen LogP contribution in [0.1, 0.15) is 23.3 Å². The number of aromatic nitrogens is 1. The number of nitrogens with one attached hydrogen (secondary N) is 1. The molecular weight excluding hydrogens is 326 g/mol. The van der Waals surface area contributed by atoms with Crippen LogP contribution in [-0.2, 0) is 23.3 Å². The molecule has 1 aromatic carbocycles. The molecule has 1 N–H and O–H groups in total. The van der Waals surface area contributed by atoms with Gasteiger partial charge in [0, 0.05) is 6.07 Å². The molecular formula is C17H17N3O5. The third-order valence-electron chi connectivity index (χ3n) is 4.78. The van der Waals surface area contributed by atoms with Gasteiger partial charge in [-0.2, -0.15) is 0 Å². The fourth-order valence-corrected chi connectivity index (χ4v) is 3.50. The van der Waals surface area contributed by atoms with E-state index in [0.717, 1.165) is 22.4 Å². The van der Waals surface area contributed by atoms with Crippen LogP contribution in [0.4, 0.5) is 4.79 Å². The first kappa shape index (κ1) is 15.5. The number of aryl methyl sites for hydroxylation is 1. The number of nitrogens with zero attached hydrogens (tertiary/aromatic N) is 2. The van der Waals surface area contributed by atoms with Crippen molar-refractivity contribution in [2.75, 3.05) is 14.2 Å². The minimum absolute atomic E-state index is 0.00206. The second kappa shape index (κ2) is 5.51. The maximum Gasteiger partial charge on any atom is 0.325 e. The molecule has 1 aliphatic heterocycles. The molecule has 0 bridgehead atoms. The van der Waals surface area contributed by atoms with Crippen LogP contribution < -0.4 is 14.8 Å². The van der Waals surface area contributed by atoms with Gasteiger partial charge in [0.05, 0.1) is 20.8 Å². The van der Waals surface area contributed by atoms with E-state index in [0.29, 0.717) is 23.8 Å². The van der Waals surface area contributed by atoms with E-state index < -0.39 is 11.6 Å². The lowest BCUT2D eigenvalue weighted by Gasteiger charge is -2.22. The standard InChI is InChI=1S/C17H17N3O5/c1-23-11-4-3-10-5-6-17(13(10)7-11)15(21)20(16(22)18-17)9-12-8-14(24-2)19-25-12/h3-4,7-8H,5-6,9H2,1-2H3,(H,18,22)/t17-/m0/s1. The molecule has 0 saturated carbocycles. The predicted octanol–water partition coefficient (Wildman–Crippen LogP) is 1.59. The van der Waals surface area contributed by atoms with E-state index in [1.165, 1.54) is 7.11 Å². The molecule has 0 radical (unpaired) electrons. The van der Waals surface area contributed by atoms with Crippen LogP contribution in [0.2, 0.25) is 0 Å². The SMILES string of the molecule is COc1ccc2c(c1)[C@]1(CC2)NC(=O)N(Cc2cc(OC)no2)C1=O. The molecule has 2 aromatic rings. The first-order chi connectivity index (χ1) is 12.1. The Morgan fingerprint density at radius 3 is 2.84 bits per heavy atom. The molecule has 1 aliphatic carbocycles. The third kappa shape index (κ3) is 2.25. The highest BCUT2D eigenvalue weighted by Crippen LogP contribution is 2.43. The van der Waals surface area contributed by atoms with Gasteiger partial charge in [-0.3, -0.25) is 9.69 Å². The summed E-state index contributed by atoms with van der Waals surface area (Å²) < 4.78 is 15.3. The Hall–Kier alpha value is -3.03. The largest absolute Gasteiger partial charge is 0.497 e. The molecule has 1 aromatic heterocycles. The summed E-state index contributed by atoms with van der Waals surface area (Å²) in [5, 5.41) is 6.56. The Morgan fingerprint density at radius 2 is 2.12 bits per heavy atom. The second-order valence-electron chi connectivity index (χ2n) is 6.09. The lowest BCUT2D eigenvalue weighted by Crippen LogP contribution is -2.41. The van der Waals surface area contributed by atoms with Crippen LogP contribution in [0.5, 0.6) is 11.6 Å². The summed E-state index contributed by atoms with van der Waals surface area (Å²) in [7, 11) is 3.04. The summed E-state index contributed by atoms with van der Waals surface area (Å²) >= 11 is 0. The summed E-state index contributed by atoms with van der Waals surface area (Å²) in [6.07, 6.45) is 1.24. The zero-order valence-electron chi connectivity index (χ0n) is 13.9. The number of benzene rings is 1. The van der Waals surface area contributed by atoms with Gasteiger partial charge < -0.3 is 19.3 Å². The molecule has 2 heterocycles. The monoisotopic (exact) mass is 343 g/mol. The lowest BCUT2D eigenvalue weighted by molar-refractivity contribution is -0.132. The van der Waals surface area contributed by atoms with Crippen LogP contribution in [0, 0.1) is 0 Å². The quantitative estimate of drug-likeness (QED) is 0.847. The molecule has 130 valence electrons. The van der Waals surface area contributed by atoms with Crippen molar-refractivity contribution in [2.24, 2.45) is 0 Å². The number of methoxy groups -OCH3 is 2. The molecule has 8 nitrogen and oxygen atoms in total. The van der Waals surface area contributed by atoms with Crippen molar-refractivity contribution < 1.29 is 23.6 Å². The summed E-state index contributed by atoms with van der Waals surface area (Å²) in [6.45, 7) is 0.00206. The number of amides is 3. The van der Waals surface area contributed by atoms with Gasteiger partial charge in [0.2, 0.25) is 0 Å². The lowest BCUT2D eigenvalue weighted by atomic mass is 9.91.